The molecule has 0 spiro atoms. The van der Waals surface area contributed by atoms with E-state index in [1.165, 1.54) is 23.2 Å². The highest BCUT2D eigenvalue weighted by Gasteiger charge is 2.46. The van der Waals surface area contributed by atoms with Gasteiger partial charge in [-0.1, -0.05) is 0 Å². The van der Waals surface area contributed by atoms with Gasteiger partial charge in [-0.05, 0) is 28.1 Å². The lowest BCUT2D eigenvalue weighted by atomic mass is 10.2. The van der Waals surface area contributed by atoms with Gasteiger partial charge < -0.3 is 20.7 Å². The van der Waals surface area contributed by atoms with Crippen LogP contribution in [0, 0.1) is 0 Å². The average molecular weight is 386 g/mol. The topological polar surface area (TPSA) is 136 Å². The maximum Gasteiger partial charge on any atom is 0.352 e. The molecular formula is C13H16BrN5O4. The molecule has 0 bridgehead atoms. The first-order valence-electron chi connectivity index (χ1n) is 6.67. The highest BCUT2D eigenvalue weighted by molar-refractivity contribution is 9.09. The van der Waals surface area contributed by atoms with E-state index in [4.69, 9.17) is 15.6 Å². The van der Waals surface area contributed by atoms with E-state index >= 15 is 0 Å². The molecule has 4 N–H and O–H groups in total. The molecule has 0 aliphatic carbocycles. The molecule has 1 saturated heterocycles. The zero-order valence-electron chi connectivity index (χ0n) is 12.0. The Labute approximate surface area is 139 Å². The molecule has 10 heteroatoms. The van der Waals surface area contributed by atoms with Crippen molar-refractivity contribution in [3.8, 4) is 0 Å². The molecule has 3 rings (SSSR count). The molecule has 1 fully saturated rings. The third-order valence-corrected chi connectivity index (χ3v) is 3.96. The van der Waals surface area contributed by atoms with Gasteiger partial charge >= 0.3 is 5.69 Å². The fourth-order valence-electron chi connectivity index (χ4n) is 1.99. The lowest BCUT2D eigenvalue weighted by molar-refractivity contribution is -0.0607. The van der Waals surface area contributed by atoms with Gasteiger partial charge in [-0.3, -0.25) is 4.57 Å². The van der Waals surface area contributed by atoms with Crippen LogP contribution in [0.1, 0.15) is 6.42 Å². The summed E-state index contributed by atoms with van der Waals surface area (Å²) < 4.78 is 5.40. The minimum atomic E-state index is -1.20. The van der Waals surface area contributed by atoms with Gasteiger partial charge in [0.15, 0.2) is 0 Å². The monoisotopic (exact) mass is 385 g/mol. The Balaban J connectivity index is 0.000000268. The molecule has 0 unspecified atom stereocenters. The molecule has 0 radical (unpaired) electrons. The maximum atomic E-state index is 11.7. The van der Waals surface area contributed by atoms with Crippen LogP contribution < -0.4 is 11.4 Å². The number of nitrogens with two attached hydrogens (primary N) is 1. The molecule has 3 atom stereocenters. The van der Waals surface area contributed by atoms with E-state index in [0.717, 1.165) is 0 Å². The summed E-state index contributed by atoms with van der Waals surface area (Å²) in [7, 11) is 0. The van der Waals surface area contributed by atoms with E-state index in [9.17, 15) is 9.90 Å². The third-order valence-electron chi connectivity index (χ3n) is 3.06. The van der Waals surface area contributed by atoms with Crippen LogP contribution in [0.25, 0.3) is 0 Å². The number of anilines is 1. The molecule has 124 valence electrons. The van der Waals surface area contributed by atoms with Crippen molar-refractivity contribution in [2.75, 3.05) is 12.3 Å². The van der Waals surface area contributed by atoms with Gasteiger partial charge in [0, 0.05) is 25.0 Å². The van der Waals surface area contributed by atoms with Crippen molar-refractivity contribution in [1.29, 1.82) is 0 Å². The van der Waals surface area contributed by atoms with Crippen LogP contribution in [0.2, 0.25) is 0 Å². The Morgan fingerprint density at radius 1 is 1.48 bits per heavy atom. The molecule has 23 heavy (non-hydrogen) atoms. The summed E-state index contributed by atoms with van der Waals surface area (Å²) in [6, 6.07) is 3.23. The van der Waals surface area contributed by atoms with Crippen molar-refractivity contribution in [1.82, 2.24) is 19.5 Å². The first-order valence-corrected chi connectivity index (χ1v) is 7.47. The molecular weight excluding hydrogens is 370 g/mol. The summed E-state index contributed by atoms with van der Waals surface area (Å²) in [5.74, 6) is 0.111. The van der Waals surface area contributed by atoms with Gasteiger partial charge in [-0.2, -0.15) is 4.98 Å². The van der Waals surface area contributed by atoms with Gasteiger partial charge in [0.05, 0.1) is 12.7 Å². The second-order valence-electron chi connectivity index (χ2n) is 4.71. The fraction of sp³-hybridized carbons (Fsp3) is 0.385. The summed E-state index contributed by atoms with van der Waals surface area (Å²) >= 11 is 3.24. The van der Waals surface area contributed by atoms with Crippen LogP contribution in [0.15, 0.2) is 41.8 Å². The van der Waals surface area contributed by atoms with E-state index in [-0.39, 0.29) is 18.8 Å². The summed E-state index contributed by atoms with van der Waals surface area (Å²) in [5.41, 5.74) is 4.79. The van der Waals surface area contributed by atoms with Gasteiger partial charge in [0.1, 0.15) is 18.2 Å². The Kier molecular flexibility index (Phi) is 5.77. The van der Waals surface area contributed by atoms with Crippen molar-refractivity contribution in [3.05, 3.63) is 47.5 Å². The second kappa shape index (κ2) is 7.59. The number of hydrogen-bond donors (Lipinski definition) is 3. The minimum absolute atomic E-state index is 0.111. The molecule has 0 aromatic carbocycles. The van der Waals surface area contributed by atoms with Crippen LogP contribution in [-0.2, 0) is 9.37 Å². The summed E-state index contributed by atoms with van der Waals surface area (Å²) in [6.07, 6.45) is 4.83. The lowest BCUT2D eigenvalue weighted by Crippen LogP contribution is -2.37. The molecule has 0 amide bonds. The van der Waals surface area contributed by atoms with E-state index in [2.05, 4.69) is 30.9 Å². The number of ether oxygens (including phenoxy) is 1. The molecule has 3 heterocycles. The number of alkyl halides is 1. The normalized spacial score (nSPS) is 26.4. The van der Waals surface area contributed by atoms with Crippen molar-refractivity contribution < 1.29 is 14.9 Å². The van der Waals surface area contributed by atoms with Crippen LogP contribution >= 0.6 is 15.9 Å². The number of rotatable bonds is 2. The molecule has 9 nitrogen and oxygen atoms in total. The highest BCUT2D eigenvalue weighted by Crippen LogP contribution is 2.39. The predicted molar refractivity (Wildman–Crippen MR) is 84.4 cm³/mol. The SMILES string of the molecule is Nc1ccn([C@@]2(Br)C[C@H](O)[C@@H](CO)O2)c(=O)n1.c1cncnc1. The van der Waals surface area contributed by atoms with Gasteiger partial charge in [-0.15, -0.1) is 0 Å². The quantitative estimate of drug-likeness (QED) is 0.585. The van der Waals surface area contributed by atoms with E-state index in [0.29, 0.717) is 0 Å². The van der Waals surface area contributed by atoms with E-state index in [1.807, 2.05) is 0 Å². The van der Waals surface area contributed by atoms with E-state index < -0.39 is 22.5 Å². The minimum Gasteiger partial charge on any atom is -0.394 e. The molecule has 2 aromatic heterocycles. The van der Waals surface area contributed by atoms with Crippen molar-refractivity contribution in [2.24, 2.45) is 0 Å². The molecule has 1 aliphatic heterocycles. The number of aliphatic hydroxyl groups is 2. The predicted octanol–water partition coefficient (Wildman–Crippen LogP) is -0.551. The summed E-state index contributed by atoms with van der Waals surface area (Å²) in [5, 5.41) is 18.7. The van der Waals surface area contributed by atoms with Crippen LogP contribution in [0.3, 0.4) is 0 Å². The third kappa shape index (κ3) is 4.32. The Hall–Kier alpha value is -1.88. The van der Waals surface area contributed by atoms with Crippen molar-refractivity contribution in [2.45, 2.75) is 23.3 Å². The van der Waals surface area contributed by atoms with Crippen LogP contribution in [0.4, 0.5) is 5.82 Å². The Bertz CT molecular complexity index is 659. The van der Waals surface area contributed by atoms with Crippen LogP contribution in [-0.4, -0.2) is 48.5 Å². The molecule has 0 saturated carbocycles. The number of aromatic nitrogens is 4. The zero-order valence-corrected chi connectivity index (χ0v) is 13.6. The Morgan fingerprint density at radius 2 is 2.17 bits per heavy atom. The van der Waals surface area contributed by atoms with Crippen molar-refractivity contribution in [3.63, 3.8) is 0 Å². The maximum absolute atomic E-state index is 11.7. The molecule has 1 aliphatic rings. The second-order valence-corrected chi connectivity index (χ2v) is 5.95. The van der Waals surface area contributed by atoms with Gasteiger partial charge in [0.25, 0.3) is 0 Å². The first-order chi connectivity index (χ1) is 11.0. The standard InChI is InChI=1S/C9H12BrN3O4.C4H4N2/c10-9(3-5(15)6(4-14)17-9)13-2-1-7(11)12-8(13)16;1-2-5-4-6-3-1/h1-2,5-6,14-15H,3-4H2,(H2,11,12,16);1-4H/t5-,6+,9-;/m0./s1. The van der Waals surface area contributed by atoms with Crippen molar-refractivity contribution >= 4 is 21.7 Å². The smallest absolute Gasteiger partial charge is 0.352 e. The number of aliphatic hydroxyl groups excluding tert-OH is 2. The van der Waals surface area contributed by atoms with Crippen LogP contribution in [0.5, 0.6) is 0 Å². The van der Waals surface area contributed by atoms with E-state index in [1.54, 1.807) is 18.5 Å². The highest BCUT2D eigenvalue weighted by atomic mass is 79.9. The number of nitrogens with zero attached hydrogens (tertiary/aromatic N) is 4. The summed E-state index contributed by atoms with van der Waals surface area (Å²) in [6.45, 7) is -0.328. The number of nitrogen functional groups attached to an aromatic ring is 1. The largest absolute Gasteiger partial charge is 0.394 e. The van der Waals surface area contributed by atoms with Gasteiger partial charge in [0.2, 0.25) is 4.63 Å². The number of halogens is 1. The number of hydrogen-bond acceptors (Lipinski definition) is 8. The lowest BCUT2D eigenvalue weighted by Gasteiger charge is -2.23. The zero-order chi connectivity index (χ0) is 16.9. The Morgan fingerprint density at radius 3 is 2.61 bits per heavy atom. The summed E-state index contributed by atoms with van der Waals surface area (Å²) in [4.78, 5) is 22.6. The molecule has 2 aromatic rings. The van der Waals surface area contributed by atoms with Gasteiger partial charge in [-0.25, -0.2) is 14.8 Å². The average Bonchev–Trinajstić information content (AvgIpc) is 2.84. The fourth-order valence-corrected chi connectivity index (χ4v) is 2.83. The first kappa shape index (κ1) is 17.5.